The highest BCUT2D eigenvalue weighted by Crippen LogP contribution is 2.30. The van der Waals surface area contributed by atoms with Gasteiger partial charge in [-0.1, -0.05) is 19.1 Å². The Bertz CT molecular complexity index is 191. The third kappa shape index (κ3) is 1.35. The Labute approximate surface area is 61.4 Å². The van der Waals surface area contributed by atoms with E-state index in [0.29, 0.717) is 6.42 Å². The molecule has 0 fully saturated rings. The van der Waals surface area contributed by atoms with Crippen molar-refractivity contribution in [3.8, 4) is 0 Å². The Balaban J connectivity index is 2.76. The summed E-state index contributed by atoms with van der Waals surface area (Å²) in [5.41, 5.74) is 0.0197. The van der Waals surface area contributed by atoms with Gasteiger partial charge in [-0.25, -0.2) is 0 Å². The van der Waals surface area contributed by atoms with Crippen LogP contribution < -0.4 is 0 Å². The molecule has 0 saturated heterocycles. The SMILES string of the molecule is C=C[C@@]1(C)CC=CC(=O)C1. The molecule has 0 heterocycles. The van der Waals surface area contributed by atoms with Crippen LogP contribution in [-0.2, 0) is 4.79 Å². The molecule has 1 aliphatic rings. The molecular weight excluding hydrogens is 124 g/mol. The predicted octanol–water partition coefficient (Wildman–Crippen LogP) is 2.10. The van der Waals surface area contributed by atoms with E-state index in [1.165, 1.54) is 0 Å². The van der Waals surface area contributed by atoms with Crippen molar-refractivity contribution >= 4 is 5.78 Å². The van der Waals surface area contributed by atoms with Gasteiger partial charge in [0.1, 0.15) is 0 Å². The Kier molecular flexibility index (Phi) is 1.75. The first kappa shape index (κ1) is 7.26. The number of carbonyl (C=O) groups is 1. The molecule has 0 saturated carbocycles. The van der Waals surface area contributed by atoms with Crippen molar-refractivity contribution < 1.29 is 4.79 Å². The van der Waals surface area contributed by atoms with Crippen LogP contribution in [0.15, 0.2) is 24.8 Å². The molecule has 0 aliphatic heterocycles. The molecule has 0 aromatic carbocycles. The number of ketones is 1. The van der Waals surface area contributed by atoms with Crippen molar-refractivity contribution in [3.05, 3.63) is 24.8 Å². The van der Waals surface area contributed by atoms with Crippen LogP contribution in [0.5, 0.6) is 0 Å². The molecule has 0 radical (unpaired) electrons. The molecule has 0 bridgehead atoms. The van der Waals surface area contributed by atoms with Crippen molar-refractivity contribution in [2.24, 2.45) is 5.41 Å². The Morgan fingerprint density at radius 1 is 1.80 bits per heavy atom. The largest absolute Gasteiger partial charge is 0.295 e. The zero-order chi connectivity index (χ0) is 7.61. The van der Waals surface area contributed by atoms with Gasteiger partial charge in [0.25, 0.3) is 0 Å². The van der Waals surface area contributed by atoms with Crippen molar-refractivity contribution in [2.75, 3.05) is 0 Å². The lowest BCUT2D eigenvalue weighted by Gasteiger charge is -2.25. The second-order valence-corrected chi connectivity index (χ2v) is 3.11. The van der Waals surface area contributed by atoms with E-state index in [-0.39, 0.29) is 11.2 Å². The minimum Gasteiger partial charge on any atom is -0.295 e. The third-order valence-corrected chi connectivity index (χ3v) is 1.96. The molecule has 0 aromatic heterocycles. The molecule has 54 valence electrons. The minimum atomic E-state index is 0.0197. The molecule has 0 N–H and O–H groups in total. The maximum absolute atomic E-state index is 10.9. The molecule has 1 nitrogen and oxygen atoms in total. The second-order valence-electron chi connectivity index (χ2n) is 3.11. The van der Waals surface area contributed by atoms with Gasteiger partial charge >= 0.3 is 0 Å². The second kappa shape index (κ2) is 2.41. The molecule has 0 aromatic rings. The maximum Gasteiger partial charge on any atom is 0.156 e. The van der Waals surface area contributed by atoms with Crippen LogP contribution in [-0.4, -0.2) is 5.78 Å². The lowest BCUT2D eigenvalue weighted by atomic mass is 9.79. The average molecular weight is 136 g/mol. The van der Waals surface area contributed by atoms with Crippen LogP contribution in [0.1, 0.15) is 19.8 Å². The summed E-state index contributed by atoms with van der Waals surface area (Å²) in [6, 6.07) is 0. The highest BCUT2D eigenvalue weighted by molar-refractivity contribution is 5.91. The van der Waals surface area contributed by atoms with Gasteiger partial charge in [-0.2, -0.15) is 0 Å². The number of rotatable bonds is 1. The van der Waals surface area contributed by atoms with E-state index < -0.39 is 0 Å². The molecular formula is C9H12O. The monoisotopic (exact) mass is 136 g/mol. The molecule has 10 heavy (non-hydrogen) atoms. The van der Waals surface area contributed by atoms with Gasteiger partial charge in [0.15, 0.2) is 5.78 Å². The molecule has 1 atom stereocenters. The summed E-state index contributed by atoms with van der Waals surface area (Å²) in [5.74, 6) is 0.216. The fourth-order valence-electron chi connectivity index (χ4n) is 1.14. The van der Waals surface area contributed by atoms with Gasteiger partial charge in [0.2, 0.25) is 0 Å². The Morgan fingerprint density at radius 3 is 2.90 bits per heavy atom. The fraction of sp³-hybridized carbons (Fsp3) is 0.444. The van der Waals surface area contributed by atoms with Gasteiger partial charge in [-0.3, -0.25) is 4.79 Å². The standard InChI is InChI=1S/C9H12O/c1-3-9(2)6-4-5-8(10)7-9/h3-5H,1,6-7H2,2H3/t9-/m0/s1. The number of carbonyl (C=O) groups excluding carboxylic acids is 1. The van der Waals surface area contributed by atoms with Crippen molar-refractivity contribution in [2.45, 2.75) is 19.8 Å². The number of allylic oxidation sites excluding steroid dienone is 3. The topological polar surface area (TPSA) is 17.1 Å². The van der Waals surface area contributed by atoms with Crippen LogP contribution in [0, 0.1) is 5.41 Å². The summed E-state index contributed by atoms with van der Waals surface area (Å²) >= 11 is 0. The number of hydrogen-bond donors (Lipinski definition) is 0. The highest BCUT2D eigenvalue weighted by atomic mass is 16.1. The van der Waals surface area contributed by atoms with E-state index in [0.717, 1.165) is 6.42 Å². The van der Waals surface area contributed by atoms with Crippen LogP contribution in [0.3, 0.4) is 0 Å². The zero-order valence-corrected chi connectivity index (χ0v) is 6.26. The molecule has 1 aliphatic carbocycles. The van der Waals surface area contributed by atoms with Gasteiger partial charge in [-0.15, -0.1) is 6.58 Å². The third-order valence-electron chi connectivity index (χ3n) is 1.96. The van der Waals surface area contributed by atoms with Gasteiger partial charge in [0.05, 0.1) is 0 Å². The van der Waals surface area contributed by atoms with Crippen molar-refractivity contribution in [1.29, 1.82) is 0 Å². The van der Waals surface area contributed by atoms with Gasteiger partial charge in [0, 0.05) is 6.42 Å². The Morgan fingerprint density at radius 2 is 2.50 bits per heavy atom. The average Bonchev–Trinajstić information content (AvgIpc) is 1.88. The summed E-state index contributed by atoms with van der Waals surface area (Å²) in [4.78, 5) is 10.9. The molecule has 0 unspecified atom stereocenters. The van der Waals surface area contributed by atoms with Crippen LogP contribution in [0.25, 0.3) is 0 Å². The normalized spacial score (nSPS) is 32.3. The lowest BCUT2D eigenvalue weighted by Crippen LogP contribution is -2.19. The maximum atomic E-state index is 10.9. The van der Waals surface area contributed by atoms with E-state index in [9.17, 15) is 4.79 Å². The summed E-state index contributed by atoms with van der Waals surface area (Å²) < 4.78 is 0. The summed E-state index contributed by atoms with van der Waals surface area (Å²) in [5, 5.41) is 0. The van der Waals surface area contributed by atoms with Crippen molar-refractivity contribution in [1.82, 2.24) is 0 Å². The zero-order valence-electron chi connectivity index (χ0n) is 6.26. The highest BCUT2D eigenvalue weighted by Gasteiger charge is 2.24. The first-order valence-corrected chi connectivity index (χ1v) is 3.49. The smallest absolute Gasteiger partial charge is 0.156 e. The fourth-order valence-corrected chi connectivity index (χ4v) is 1.14. The van der Waals surface area contributed by atoms with E-state index in [2.05, 4.69) is 13.5 Å². The van der Waals surface area contributed by atoms with E-state index in [4.69, 9.17) is 0 Å². The molecule has 0 spiro atoms. The first-order chi connectivity index (χ1) is 4.66. The Hall–Kier alpha value is -0.850. The van der Waals surface area contributed by atoms with Crippen LogP contribution in [0.2, 0.25) is 0 Å². The van der Waals surface area contributed by atoms with Gasteiger partial charge < -0.3 is 0 Å². The van der Waals surface area contributed by atoms with Crippen molar-refractivity contribution in [3.63, 3.8) is 0 Å². The van der Waals surface area contributed by atoms with Gasteiger partial charge in [-0.05, 0) is 17.9 Å². The lowest BCUT2D eigenvalue weighted by molar-refractivity contribution is -0.116. The predicted molar refractivity (Wildman–Crippen MR) is 41.7 cm³/mol. The summed E-state index contributed by atoms with van der Waals surface area (Å²) in [6.07, 6.45) is 7.02. The first-order valence-electron chi connectivity index (χ1n) is 3.49. The molecule has 0 amide bonds. The quantitative estimate of drug-likeness (QED) is 0.504. The van der Waals surface area contributed by atoms with E-state index in [1.807, 2.05) is 12.2 Å². The van der Waals surface area contributed by atoms with Crippen LogP contribution >= 0.6 is 0 Å². The molecule has 1 heteroatoms. The van der Waals surface area contributed by atoms with E-state index >= 15 is 0 Å². The molecule has 1 rings (SSSR count). The number of hydrogen-bond acceptors (Lipinski definition) is 1. The van der Waals surface area contributed by atoms with E-state index in [1.54, 1.807) is 6.08 Å². The summed E-state index contributed by atoms with van der Waals surface area (Å²) in [6.45, 7) is 5.76. The van der Waals surface area contributed by atoms with Crippen LogP contribution in [0.4, 0.5) is 0 Å². The summed E-state index contributed by atoms with van der Waals surface area (Å²) in [7, 11) is 0. The minimum absolute atomic E-state index is 0.0197.